The Bertz CT molecular complexity index is 628. The number of benzene rings is 1. The van der Waals surface area contributed by atoms with Gasteiger partial charge in [-0.1, -0.05) is 79.7 Å². The highest BCUT2D eigenvalue weighted by atomic mass is 28.2. The van der Waals surface area contributed by atoms with Gasteiger partial charge in [-0.3, -0.25) is 0 Å². The standard InChI is InChI=1S/C24H40O2Si/c1-15(2)20-13-21(19(14-25)12-18-10-8-7-9-11-18)22(16(3)4)23(17(5)6)24(20)26-27/h13-19H,7-12H2,1-6,27H3. The quantitative estimate of drug-likeness (QED) is 0.405. The summed E-state index contributed by atoms with van der Waals surface area (Å²) >= 11 is 0. The van der Waals surface area contributed by atoms with Crippen molar-refractivity contribution in [2.24, 2.45) is 5.92 Å². The highest BCUT2D eigenvalue weighted by Crippen LogP contribution is 2.45. The minimum Gasteiger partial charge on any atom is -0.553 e. The number of hydrogen-bond acceptors (Lipinski definition) is 2. The van der Waals surface area contributed by atoms with Crippen LogP contribution in [0.25, 0.3) is 0 Å². The van der Waals surface area contributed by atoms with Crippen LogP contribution in [0.15, 0.2) is 6.07 Å². The molecule has 0 radical (unpaired) electrons. The average molecular weight is 389 g/mol. The fourth-order valence-electron chi connectivity index (χ4n) is 4.96. The number of aldehydes is 1. The van der Waals surface area contributed by atoms with Gasteiger partial charge in [0.05, 0.1) is 0 Å². The predicted molar refractivity (Wildman–Crippen MR) is 119 cm³/mol. The summed E-state index contributed by atoms with van der Waals surface area (Å²) in [5.74, 6) is 3.00. The summed E-state index contributed by atoms with van der Waals surface area (Å²) in [7, 11) is 0.691. The molecule has 1 saturated carbocycles. The third-order valence-corrected chi connectivity index (χ3v) is 6.68. The van der Waals surface area contributed by atoms with Crippen LogP contribution in [-0.2, 0) is 4.79 Å². The highest BCUT2D eigenvalue weighted by molar-refractivity contribution is 6.00. The Morgan fingerprint density at radius 3 is 2.00 bits per heavy atom. The van der Waals surface area contributed by atoms with E-state index in [9.17, 15) is 4.79 Å². The first kappa shape index (κ1) is 22.2. The van der Waals surface area contributed by atoms with E-state index in [1.54, 1.807) is 0 Å². The van der Waals surface area contributed by atoms with Crippen LogP contribution in [0.4, 0.5) is 0 Å². The SMILES string of the molecule is CC(C)c1cc(C(C=O)CC2CCCCC2)c(C(C)C)c(C(C)C)c1O[SiH3]. The second-order valence-corrected chi connectivity index (χ2v) is 9.77. The van der Waals surface area contributed by atoms with E-state index in [2.05, 4.69) is 47.6 Å². The average Bonchev–Trinajstić information content (AvgIpc) is 2.64. The molecule has 0 heterocycles. The Kier molecular flexibility index (Phi) is 8.15. The normalized spacial score (nSPS) is 17.1. The number of carbonyl (C=O) groups is 1. The molecule has 0 saturated heterocycles. The van der Waals surface area contributed by atoms with Crippen molar-refractivity contribution in [3.63, 3.8) is 0 Å². The van der Waals surface area contributed by atoms with E-state index in [-0.39, 0.29) is 5.92 Å². The largest absolute Gasteiger partial charge is 0.553 e. The topological polar surface area (TPSA) is 26.3 Å². The molecule has 1 aliphatic carbocycles. The molecule has 0 spiro atoms. The molecule has 1 unspecified atom stereocenters. The summed E-state index contributed by atoms with van der Waals surface area (Å²) in [4.78, 5) is 12.2. The molecule has 1 atom stereocenters. The molecule has 0 N–H and O–H groups in total. The smallest absolute Gasteiger partial charge is 0.204 e. The second-order valence-electron chi connectivity index (χ2n) is 9.36. The molecular weight excluding hydrogens is 348 g/mol. The van der Waals surface area contributed by atoms with Gasteiger partial charge in [0.2, 0.25) is 10.5 Å². The zero-order valence-corrected chi connectivity index (χ0v) is 20.6. The first-order chi connectivity index (χ1) is 12.8. The van der Waals surface area contributed by atoms with E-state index in [1.165, 1.54) is 60.6 Å². The van der Waals surface area contributed by atoms with Crippen molar-refractivity contribution in [3.8, 4) is 5.75 Å². The van der Waals surface area contributed by atoms with E-state index in [0.29, 0.717) is 34.2 Å². The number of hydrogen-bond donors (Lipinski definition) is 0. The monoisotopic (exact) mass is 388 g/mol. The van der Waals surface area contributed by atoms with Gasteiger partial charge in [-0.15, -0.1) is 0 Å². The zero-order valence-electron chi connectivity index (χ0n) is 18.6. The molecule has 0 aliphatic heterocycles. The summed E-state index contributed by atoms with van der Waals surface area (Å²) in [5.41, 5.74) is 5.27. The van der Waals surface area contributed by atoms with E-state index >= 15 is 0 Å². The molecule has 2 rings (SSSR count). The van der Waals surface area contributed by atoms with Crippen LogP contribution in [0.5, 0.6) is 5.75 Å². The van der Waals surface area contributed by atoms with E-state index < -0.39 is 0 Å². The van der Waals surface area contributed by atoms with Gasteiger partial charge < -0.3 is 9.22 Å². The Morgan fingerprint density at radius 2 is 1.56 bits per heavy atom. The van der Waals surface area contributed by atoms with Crippen LogP contribution in [0.3, 0.4) is 0 Å². The third-order valence-electron chi connectivity index (χ3n) is 6.28. The lowest BCUT2D eigenvalue weighted by atomic mass is 9.75. The van der Waals surface area contributed by atoms with Crippen molar-refractivity contribution < 1.29 is 9.22 Å². The summed E-state index contributed by atoms with van der Waals surface area (Å²) in [5, 5.41) is 0. The molecular formula is C24H40O2Si. The molecule has 1 aromatic rings. The Hall–Kier alpha value is -1.09. The Balaban J connectivity index is 2.62. The third kappa shape index (κ3) is 5.04. The molecule has 27 heavy (non-hydrogen) atoms. The molecule has 3 heteroatoms. The Morgan fingerprint density at radius 1 is 0.963 bits per heavy atom. The van der Waals surface area contributed by atoms with Crippen molar-refractivity contribution in [2.45, 2.75) is 104 Å². The zero-order chi connectivity index (χ0) is 20.1. The summed E-state index contributed by atoms with van der Waals surface area (Å²) < 4.78 is 6.06. The first-order valence-electron chi connectivity index (χ1n) is 11.0. The van der Waals surface area contributed by atoms with Crippen LogP contribution < -0.4 is 4.43 Å². The maximum absolute atomic E-state index is 12.2. The van der Waals surface area contributed by atoms with Gasteiger partial charge >= 0.3 is 0 Å². The fraction of sp³-hybridized carbons (Fsp3) is 0.708. The van der Waals surface area contributed by atoms with Gasteiger partial charge in [-0.25, -0.2) is 0 Å². The summed E-state index contributed by atoms with van der Waals surface area (Å²) in [6, 6.07) is 2.32. The highest BCUT2D eigenvalue weighted by Gasteiger charge is 2.28. The molecule has 0 bridgehead atoms. The summed E-state index contributed by atoms with van der Waals surface area (Å²) in [6.45, 7) is 13.5. The molecule has 1 aromatic carbocycles. The number of rotatable bonds is 8. The summed E-state index contributed by atoms with van der Waals surface area (Å²) in [6.07, 6.45) is 8.84. The fourth-order valence-corrected chi connectivity index (χ4v) is 5.42. The van der Waals surface area contributed by atoms with E-state index in [1.807, 2.05) is 0 Å². The lowest BCUT2D eigenvalue weighted by molar-refractivity contribution is -0.109. The maximum Gasteiger partial charge on any atom is 0.204 e. The van der Waals surface area contributed by atoms with Gasteiger partial charge in [0.25, 0.3) is 0 Å². The van der Waals surface area contributed by atoms with Gasteiger partial charge in [-0.05, 0) is 52.3 Å². The van der Waals surface area contributed by atoms with Gasteiger partial charge in [-0.2, -0.15) is 0 Å². The maximum atomic E-state index is 12.2. The van der Waals surface area contributed by atoms with Crippen molar-refractivity contribution in [1.82, 2.24) is 0 Å². The molecule has 2 nitrogen and oxygen atoms in total. The van der Waals surface area contributed by atoms with Gasteiger partial charge in [0.1, 0.15) is 12.0 Å². The lowest BCUT2D eigenvalue weighted by Crippen LogP contribution is -2.17. The minimum atomic E-state index is 0.0173. The molecule has 0 amide bonds. The van der Waals surface area contributed by atoms with Crippen molar-refractivity contribution >= 4 is 16.8 Å². The van der Waals surface area contributed by atoms with Crippen molar-refractivity contribution in [2.75, 3.05) is 0 Å². The van der Waals surface area contributed by atoms with E-state index in [4.69, 9.17) is 4.43 Å². The van der Waals surface area contributed by atoms with Gasteiger partial charge in [0, 0.05) is 5.92 Å². The van der Waals surface area contributed by atoms with Crippen LogP contribution in [0.2, 0.25) is 0 Å². The first-order valence-corrected chi connectivity index (χ1v) is 11.8. The van der Waals surface area contributed by atoms with Crippen molar-refractivity contribution in [3.05, 3.63) is 28.3 Å². The van der Waals surface area contributed by atoms with Crippen molar-refractivity contribution in [1.29, 1.82) is 0 Å². The van der Waals surface area contributed by atoms with Crippen LogP contribution in [0.1, 0.15) is 126 Å². The lowest BCUT2D eigenvalue weighted by Gasteiger charge is -2.31. The minimum absolute atomic E-state index is 0.0173. The number of carbonyl (C=O) groups excluding carboxylic acids is 1. The molecule has 152 valence electrons. The second kappa shape index (κ2) is 9.91. The van der Waals surface area contributed by atoms with E-state index in [0.717, 1.165) is 12.2 Å². The Labute approximate surface area is 170 Å². The van der Waals surface area contributed by atoms with Crippen LogP contribution in [0, 0.1) is 5.92 Å². The molecule has 0 aromatic heterocycles. The molecule has 1 aliphatic rings. The predicted octanol–water partition coefficient (Wildman–Crippen LogP) is 5.97. The van der Waals surface area contributed by atoms with Crippen LogP contribution in [-0.4, -0.2) is 16.8 Å². The molecule has 1 fully saturated rings. The van der Waals surface area contributed by atoms with Crippen LogP contribution >= 0.6 is 0 Å². The van der Waals surface area contributed by atoms with Gasteiger partial charge in [0.15, 0.2) is 0 Å².